The Balaban J connectivity index is 1.14. The maximum absolute atomic E-state index is 12.3. The first-order chi connectivity index (χ1) is 18.6. The highest BCUT2D eigenvalue weighted by Gasteiger charge is 2.41. The van der Waals surface area contributed by atoms with Gasteiger partial charge in [-0.15, -0.1) is 6.42 Å². The minimum absolute atomic E-state index is 0.330. The molecule has 3 aliphatic rings. The Morgan fingerprint density at radius 3 is 2.47 bits per heavy atom. The first-order valence-corrected chi connectivity index (χ1v) is 14.9. The van der Waals surface area contributed by atoms with Crippen molar-refractivity contribution in [3.8, 4) is 12.3 Å². The molecule has 2 aromatic carbocycles. The number of aliphatic carboxylic acids is 1. The number of likely N-dealkylation sites (tertiary alicyclic amines) is 2. The Labute approximate surface area is 229 Å². The van der Waals surface area contributed by atoms with Gasteiger partial charge in [-0.3, -0.25) is 9.69 Å². The molecule has 38 heavy (non-hydrogen) atoms. The second-order valence-electron chi connectivity index (χ2n) is 12.1. The molecule has 3 unspecified atom stereocenters. The minimum atomic E-state index is -0.629. The normalized spacial score (nSPS) is 24.1. The fraction of sp³-hybridized carbons (Fsp3) is 0.559. The van der Waals surface area contributed by atoms with E-state index in [1.54, 1.807) is 0 Å². The van der Waals surface area contributed by atoms with Gasteiger partial charge < -0.3 is 10.0 Å². The van der Waals surface area contributed by atoms with Crippen LogP contribution >= 0.6 is 0 Å². The number of hydrogen-bond donors (Lipinski definition) is 1. The highest BCUT2D eigenvalue weighted by atomic mass is 16.4. The second-order valence-corrected chi connectivity index (χ2v) is 12.1. The standard InChI is InChI=1S/C34H44N2O2/c1-2-26-9-6-11-28(21-26)12-7-10-27-17-19-35(20-18-27)23-31-24-36(25-32(31)30-15-4-3-5-16-30)33(34(37)38)22-29-13-8-14-29/h1,3-6,9,11,15-16,21,27,29,31-33H,7-8,10,12-14,17-20,22-25H2,(H,37,38). The average molecular weight is 513 g/mol. The first kappa shape index (κ1) is 27.0. The number of hydrogen-bond acceptors (Lipinski definition) is 3. The van der Waals surface area contributed by atoms with Gasteiger partial charge in [0.05, 0.1) is 0 Å². The number of carboxylic acid groups (broad SMARTS) is 1. The summed E-state index contributed by atoms with van der Waals surface area (Å²) in [7, 11) is 0. The van der Waals surface area contributed by atoms with E-state index in [4.69, 9.17) is 6.42 Å². The van der Waals surface area contributed by atoms with Crippen molar-refractivity contribution in [2.24, 2.45) is 17.8 Å². The number of carbonyl (C=O) groups is 1. The van der Waals surface area contributed by atoms with Crippen molar-refractivity contribution in [2.75, 3.05) is 32.7 Å². The van der Waals surface area contributed by atoms with E-state index in [-0.39, 0.29) is 6.04 Å². The molecule has 3 atom stereocenters. The van der Waals surface area contributed by atoms with E-state index in [2.05, 4.69) is 64.3 Å². The zero-order valence-corrected chi connectivity index (χ0v) is 22.8. The summed E-state index contributed by atoms with van der Waals surface area (Å²) in [5.74, 6) is 4.43. The molecule has 3 fully saturated rings. The van der Waals surface area contributed by atoms with Crippen molar-refractivity contribution in [1.29, 1.82) is 0 Å². The number of terminal acetylenes is 1. The van der Waals surface area contributed by atoms with Crippen LogP contribution in [0.1, 0.15) is 74.0 Å². The number of benzene rings is 2. The maximum atomic E-state index is 12.3. The molecule has 0 amide bonds. The summed E-state index contributed by atoms with van der Waals surface area (Å²) in [4.78, 5) is 17.3. The topological polar surface area (TPSA) is 43.8 Å². The molecule has 2 heterocycles. The summed E-state index contributed by atoms with van der Waals surface area (Å²) in [6, 6.07) is 18.9. The molecule has 4 nitrogen and oxygen atoms in total. The van der Waals surface area contributed by atoms with Crippen LogP contribution in [-0.4, -0.2) is 59.6 Å². The van der Waals surface area contributed by atoms with Gasteiger partial charge in [0.15, 0.2) is 0 Å². The van der Waals surface area contributed by atoms with Crippen LogP contribution in [0.5, 0.6) is 0 Å². The minimum Gasteiger partial charge on any atom is -0.480 e. The molecule has 1 aliphatic carbocycles. The molecule has 202 valence electrons. The van der Waals surface area contributed by atoms with E-state index in [0.717, 1.165) is 44.0 Å². The van der Waals surface area contributed by atoms with Gasteiger partial charge >= 0.3 is 5.97 Å². The van der Waals surface area contributed by atoms with Gasteiger partial charge in [0, 0.05) is 31.1 Å². The van der Waals surface area contributed by atoms with Crippen LogP contribution in [0.25, 0.3) is 0 Å². The lowest BCUT2D eigenvalue weighted by Crippen LogP contribution is -2.43. The predicted molar refractivity (Wildman–Crippen MR) is 154 cm³/mol. The summed E-state index contributed by atoms with van der Waals surface area (Å²) in [5.41, 5.74) is 3.71. The van der Waals surface area contributed by atoms with Crippen LogP contribution in [0.3, 0.4) is 0 Å². The molecule has 4 heteroatoms. The number of carboxylic acids is 1. The smallest absolute Gasteiger partial charge is 0.320 e. The van der Waals surface area contributed by atoms with Crippen LogP contribution in [0.2, 0.25) is 0 Å². The molecule has 5 rings (SSSR count). The Hall–Kier alpha value is -2.61. The van der Waals surface area contributed by atoms with Gasteiger partial charge in [-0.25, -0.2) is 0 Å². The quantitative estimate of drug-likeness (QED) is 0.372. The average Bonchev–Trinajstić information content (AvgIpc) is 3.32. The van der Waals surface area contributed by atoms with Crippen molar-refractivity contribution in [1.82, 2.24) is 9.80 Å². The summed E-state index contributed by atoms with van der Waals surface area (Å²) < 4.78 is 0. The fourth-order valence-corrected chi connectivity index (χ4v) is 7.07. The number of piperidine rings is 1. The number of aryl methyl sites for hydroxylation is 1. The Kier molecular flexibility index (Phi) is 9.20. The SMILES string of the molecule is C#Cc1cccc(CCCC2CCN(CC3CN(C(CC4CCC4)C(=O)O)CC3c3ccccc3)CC2)c1. The van der Waals surface area contributed by atoms with E-state index in [1.807, 2.05) is 6.07 Å². The largest absolute Gasteiger partial charge is 0.480 e. The molecule has 2 aliphatic heterocycles. The van der Waals surface area contributed by atoms with Crippen molar-refractivity contribution >= 4 is 5.97 Å². The van der Waals surface area contributed by atoms with Crippen molar-refractivity contribution < 1.29 is 9.90 Å². The van der Waals surface area contributed by atoms with Crippen LogP contribution < -0.4 is 0 Å². The molecule has 1 N–H and O–H groups in total. The number of nitrogens with zero attached hydrogens (tertiary/aromatic N) is 2. The summed E-state index contributed by atoms with van der Waals surface area (Å²) in [5, 5.41) is 10.1. The third-order valence-electron chi connectivity index (χ3n) is 9.58. The lowest BCUT2D eigenvalue weighted by Gasteiger charge is -2.35. The van der Waals surface area contributed by atoms with Crippen molar-refractivity contribution in [3.05, 3.63) is 71.3 Å². The van der Waals surface area contributed by atoms with E-state index in [0.29, 0.717) is 17.8 Å². The molecule has 0 spiro atoms. The van der Waals surface area contributed by atoms with E-state index in [9.17, 15) is 9.90 Å². The van der Waals surface area contributed by atoms with Gasteiger partial charge in [-0.05, 0) is 86.2 Å². The third-order valence-corrected chi connectivity index (χ3v) is 9.58. The lowest BCUT2D eigenvalue weighted by atomic mass is 9.80. The van der Waals surface area contributed by atoms with Gasteiger partial charge in [-0.1, -0.05) is 74.1 Å². The molecule has 1 saturated carbocycles. The lowest BCUT2D eigenvalue weighted by molar-refractivity contribution is -0.144. The molecule has 0 bridgehead atoms. The van der Waals surface area contributed by atoms with Crippen molar-refractivity contribution in [2.45, 2.75) is 69.7 Å². The fourth-order valence-electron chi connectivity index (χ4n) is 7.07. The monoisotopic (exact) mass is 512 g/mol. The van der Waals surface area contributed by atoms with E-state index < -0.39 is 5.97 Å². The molecule has 0 radical (unpaired) electrons. The molecular weight excluding hydrogens is 468 g/mol. The molecule has 2 saturated heterocycles. The summed E-state index contributed by atoms with van der Waals surface area (Å²) in [6.45, 7) is 5.19. The molecule has 2 aromatic rings. The van der Waals surface area contributed by atoms with Gasteiger partial charge in [0.2, 0.25) is 0 Å². The Morgan fingerprint density at radius 2 is 1.79 bits per heavy atom. The van der Waals surface area contributed by atoms with Gasteiger partial charge in [-0.2, -0.15) is 0 Å². The van der Waals surface area contributed by atoms with Crippen LogP contribution in [0.4, 0.5) is 0 Å². The highest BCUT2D eigenvalue weighted by molar-refractivity contribution is 5.73. The second kappa shape index (κ2) is 13.0. The zero-order valence-electron chi connectivity index (χ0n) is 22.8. The number of rotatable bonds is 11. The van der Waals surface area contributed by atoms with E-state index in [1.165, 1.54) is 69.2 Å². The van der Waals surface area contributed by atoms with Gasteiger partial charge in [0.25, 0.3) is 0 Å². The summed E-state index contributed by atoms with van der Waals surface area (Å²) >= 11 is 0. The zero-order chi connectivity index (χ0) is 26.3. The summed E-state index contributed by atoms with van der Waals surface area (Å²) in [6.07, 6.45) is 16.2. The Bertz CT molecular complexity index is 1080. The highest BCUT2D eigenvalue weighted by Crippen LogP contribution is 2.38. The Morgan fingerprint density at radius 1 is 1.00 bits per heavy atom. The van der Waals surface area contributed by atoms with Crippen molar-refractivity contribution in [3.63, 3.8) is 0 Å². The molecule has 0 aromatic heterocycles. The van der Waals surface area contributed by atoms with E-state index >= 15 is 0 Å². The van der Waals surface area contributed by atoms with Gasteiger partial charge in [0.1, 0.15) is 6.04 Å². The van der Waals surface area contributed by atoms with Crippen LogP contribution in [0, 0.1) is 30.1 Å². The van der Waals surface area contributed by atoms with Crippen LogP contribution in [0.15, 0.2) is 54.6 Å². The maximum Gasteiger partial charge on any atom is 0.320 e. The van der Waals surface area contributed by atoms with Crippen LogP contribution in [-0.2, 0) is 11.2 Å². The first-order valence-electron chi connectivity index (χ1n) is 14.9. The third kappa shape index (κ3) is 6.87. The molecular formula is C34H44N2O2. The predicted octanol–water partition coefficient (Wildman–Crippen LogP) is 6.06.